The van der Waals surface area contributed by atoms with Crippen molar-refractivity contribution in [1.82, 2.24) is 15.1 Å². The highest BCUT2D eigenvalue weighted by atomic mass is 16.5. The molecule has 0 atom stereocenters. The number of ether oxygens (including phenoxy) is 1. The zero-order valence-corrected chi connectivity index (χ0v) is 10.4. The molecule has 0 bridgehead atoms. The first-order chi connectivity index (χ1) is 8.66. The van der Waals surface area contributed by atoms with Crippen LogP contribution in [0.15, 0.2) is 6.20 Å². The fraction of sp³-hybridized carbons (Fsp3) is 0.636. The second-order valence-corrected chi connectivity index (χ2v) is 3.80. The average Bonchev–Trinajstić information content (AvgIpc) is 2.70. The van der Waals surface area contributed by atoms with Crippen molar-refractivity contribution in [2.24, 2.45) is 7.05 Å². The second-order valence-electron chi connectivity index (χ2n) is 3.80. The number of hydrogen-bond donors (Lipinski definition) is 3. The highest BCUT2D eigenvalue weighted by Gasteiger charge is 2.13. The Bertz CT molecular complexity index is 378. The van der Waals surface area contributed by atoms with Crippen LogP contribution in [0.2, 0.25) is 0 Å². The minimum absolute atomic E-state index is 0.0322. The largest absolute Gasteiger partial charge is 0.478 e. The van der Waals surface area contributed by atoms with Gasteiger partial charge in [0.15, 0.2) is 0 Å². The number of aromatic nitrogens is 2. The molecule has 102 valence electrons. The Labute approximate surface area is 105 Å². The molecule has 7 heteroatoms. The summed E-state index contributed by atoms with van der Waals surface area (Å²) in [5, 5.41) is 24.5. The third-order valence-electron chi connectivity index (χ3n) is 2.46. The number of nitrogens with zero attached hydrogens (tertiary/aromatic N) is 2. The molecule has 0 aromatic carbocycles. The van der Waals surface area contributed by atoms with Gasteiger partial charge in [-0.05, 0) is 13.0 Å². The quantitative estimate of drug-likeness (QED) is 0.521. The van der Waals surface area contributed by atoms with Gasteiger partial charge in [0.05, 0.1) is 25.1 Å². The molecule has 0 aliphatic rings. The molecule has 0 fully saturated rings. The van der Waals surface area contributed by atoms with Crippen molar-refractivity contribution in [1.29, 1.82) is 0 Å². The van der Waals surface area contributed by atoms with Gasteiger partial charge < -0.3 is 20.3 Å². The van der Waals surface area contributed by atoms with Crippen LogP contribution in [-0.2, 0) is 18.3 Å². The standard InChI is InChI=1S/C11H19N3O4/c1-14-10(9(7-13-14)11(16)17)8-12-3-2-5-18-6-4-15/h7,12,15H,2-6,8H2,1H3,(H,16,17). The summed E-state index contributed by atoms with van der Waals surface area (Å²) in [4.78, 5) is 10.9. The summed E-state index contributed by atoms with van der Waals surface area (Å²) in [6, 6.07) is 0. The average molecular weight is 257 g/mol. The lowest BCUT2D eigenvalue weighted by Crippen LogP contribution is -2.20. The Hall–Kier alpha value is -1.44. The smallest absolute Gasteiger partial charge is 0.339 e. The minimum atomic E-state index is -0.967. The molecule has 1 aromatic heterocycles. The molecular weight excluding hydrogens is 238 g/mol. The Kier molecular flexibility index (Phi) is 6.34. The van der Waals surface area contributed by atoms with Crippen LogP contribution in [0.3, 0.4) is 0 Å². The monoisotopic (exact) mass is 257 g/mol. The van der Waals surface area contributed by atoms with Crippen LogP contribution in [0.4, 0.5) is 0 Å². The summed E-state index contributed by atoms with van der Waals surface area (Å²) < 4.78 is 6.66. The lowest BCUT2D eigenvalue weighted by Gasteiger charge is -2.06. The molecule has 0 unspecified atom stereocenters. The van der Waals surface area contributed by atoms with Gasteiger partial charge in [0.2, 0.25) is 0 Å². The Morgan fingerprint density at radius 2 is 2.33 bits per heavy atom. The molecule has 0 saturated heterocycles. The van der Waals surface area contributed by atoms with Crippen molar-refractivity contribution >= 4 is 5.97 Å². The SMILES string of the molecule is Cn1ncc(C(=O)O)c1CNCCCOCCO. The lowest BCUT2D eigenvalue weighted by molar-refractivity contribution is 0.0695. The van der Waals surface area contributed by atoms with Crippen molar-refractivity contribution in [3.63, 3.8) is 0 Å². The maximum absolute atomic E-state index is 10.9. The van der Waals surface area contributed by atoms with Crippen molar-refractivity contribution in [3.05, 3.63) is 17.5 Å². The molecule has 1 aromatic rings. The van der Waals surface area contributed by atoms with Crippen LogP contribution in [0, 0.1) is 0 Å². The number of aryl methyl sites for hydroxylation is 1. The van der Waals surface area contributed by atoms with Crippen molar-refractivity contribution in [2.75, 3.05) is 26.4 Å². The summed E-state index contributed by atoms with van der Waals surface area (Å²) in [6.45, 7) is 2.13. The molecule has 7 nitrogen and oxygen atoms in total. The number of aliphatic hydroxyl groups excluding tert-OH is 1. The fourth-order valence-corrected chi connectivity index (χ4v) is 1.52. The van der Waals surface area contributed by atoms with E-state index in [1.54, 1.807) is 11.7 Å². The van der Waals surface area contributed by atoms with Gasteiger partial charge in [-0.15, -0.1) is 0 Å². The minimum Gasteiger partial charge on any atom is -0.478 e. The van der Waals surface area contributed by atoms with Crippen LogP contribution >= 0.6 is 0 Å². The molecule has 0 amide bonds. The number of aromatic carboxylic acids is 1. The van der Waals surface area contributed by atoms with Crippen LogP contribution in [0.25, 0.3) is 0 Å². The molecule has 0 radical (unpaired) electrons. The van der Waals surface area contributed by atoms with E-state index in [1.807, 2.05) is 0 Å². The molecule has 1 heterocycles. The van der Waals surface area contributed by atoms with Gasteiger partial charge in [0.1, 0.15) is 5.56 Å². The number of carbonyl (C=O) groups is 1. The number of aliphatic hydroxyl groups is 1. The third-order valence-corrected chi connectivity index (χ3v) is 2.46. The molecule has 0 spiro atoms. The molecule has 3 N–H and O–H groups in total. The van der Waals surface area contributed by atoms with E-state index in [4.69, 9.17) is 14.9 Å². The van der Waals surface area contributed by atoms with Gasteiger partial charge in [0.25, 0.3) is 0 Å². The third kappa shape index (κ3) is 4.44. The predicted octanol–water partition coefficient (Wildman–Crippen LogP) is -0.393. The molecule has 1 rings (SSSR count). The van der Waals surface area contributed by atoms with Gasteiger partial charge in [0, 0.05) is 20.2 Å². The summed E-state index contributed by atoms with van der Waals surface area (Å²) in [5.41, 5.74) is 0.875. The van der Waals surface area contributed by atoms with E-state index in [-0.39, 0.29) is 12.2 Å². The number of hydrogen-bond acceptors (Lipinski definition) is 5. The van der Waals surface area contributed by atoms with E-state index in [1.165, 1.54) is 6.20 Å². The van der Waals surface area contributed by atoms with E-state index >= 15 is 0 Å². The first kappa shape index (κ1) is 14.6. The Morgan fingerprint density at radius 1 is 1.56 bits per heavy atom. The summed E-state index contributed by atoms with van der Waals surface area (Å²) in [5.74, 6) is -0.967. The van der Waals surface area contributed by atoms with E-state index < -0.39 is 5.97 Å². The number of carboxylic acid groups (broad SMARTS) is 1. The number of nitrogens with one attached hydrogen (secondary N) is 1. The molecule has 0 aliphatic heterocycles. The van der Waals surface area contributed by atoms with E-state index in [9.17, 15) is 4.79 Å². The second kappa shape index (κ2) is 7.80. The van der Waals surface area contributed by atoms with Crippen molar-refractivity contribution in [3.8, 4) is 0 Å². The maximum atomic E-state index is 10.9. The van der Waals surface area contributed by atoms with Crippen LogP contribution in [0.1, 0.15) is 22.5 Å². The molecule has 0 aliphatic carbocycles. The summed E-state index contributed by atoms with van der Waals surface area (Å²) in [6.07, 6.45) is 2.16. The fourth-order valence-electron chi connectivity index (χ4n) is 1.52. The highest BCUT2D eigenvalue weighted by molar-refractivity contribution is 5.88. The zero-order valence-electron chi connectivity index (χ0n) is 10.4. The molecular formula is C11H19N3O4. The lowest BCUT2D eigenvalue weighted by atomic mass is 10.2. The van der Waals surface area contributed by atoms with Crippen molar-refractivity contribution in [2.45, 2.75) is 13.0 Å². The molecule has 18 heavy (non-hydrogen) atoms. The van der Waals surface area contributed by atoms with Crippen molar-refractivity contribution < 1.29 is 19.7 Å². The van der Waals surface area contributed by atoms with Crippen LogP contribution in [0.5, 0.6) is 0 Å². The first-order valence-corrected chi connectivity index (χ1v) is 5.80. The summed E-state index contributed by atoms with van der Waals surface area (Å²) in [7, 11) is 1.72. The van der Waals surface area contributed by atoms with E-state index in [2.05, 4.69) is 10.4 Å². The van der Waals surface area contributed by atoms with E-state index in [0.29, 0.717) is 25.5 Å². The van der Waals surface area contributed by atoms with Crippen LogP contribution in [-0.4, -0.2) is 52.3 Å². The predicted molar refractivity (Wildman–Crippen MR) is 64.4 cm³/mol. The van der Waals surface area contributed by atoms with Crippen LogP contribution < -0.4 is 5.32 Å². The molecule has 0 saturated carbocycles. The van der Waals surface area contributed by atoms with Gasteiger partial charge >= 0.3 is 5.97 Å². The van der Waals surface area contributed by atoms with Gasteiger partial charge in [-0.25, -0.2) is 4.79 Å². The Morgan fingerprint density at radius 3 is 3.00 bits per heavy atom. The van der Waals surface area contributed by atoms with Gasteiger partial charge in [-0.2, -0.15) is 5.10 Å². The topological polar surface area (TPSA) is 96.6 Å². The normalized spacial score (nSPS) is 10.8. The maximum Gasteiger partial charge on any atom is 0.339 e. The van der Waals surface area contributed by atoms with E-state index in [0.717, 1.165) is 13.0 Å². The zero-order chi connectivity index (χ0) is 13.4. The Balaban J connectivity index is 2.27. The van der Waals surface area contributed by atoms with Gasteiger partial charge in [-0.1, -0.05) is 0 Å². The highest BCUT2D eigenvalue weighted by Crippen LogP contribution is 2.06. The summed E-state index contributed by atoms with van der Waals surface area (Å²) >= 11 is 0. The first-order valence-electron chi connectivity index (χ1n) is 5.80. The number of rotatable bonds is 9. The number of carboxylic acids is 1. The van der Waals surface area contributed by atoms with Gasteiger partial charge in [-0.3, -0.25) is 4.68 Å².